The van der Waals surface area contributed by atoms with Crippen LogP contribution >= 0.6 is 0 Å². The maximum Gasteiger partial charge on any atom is 0.123 e. The maximum absolute atomic E-state index is 12.6. The van der Waals surface area contributed by atoms with E-state index in [0.29, 0.717) is 0 Å². The highest BCUT2D eigenvalue weighted by Crippen LogP contribution is 2.17. The highest BCUT2D eigenvalue weighted by molar-refractivity contribution is 5.58. The molecule has 0 aliphatic rings. The number of hydrogen-bond donors (Lipinski definition) is 1. The Hall–Kier alpha value is -1.64. The normalized spacial score (nSPS) is 10.4. The molecule has 72 valence electrons. The van der Waals surface area contributed by atoms with Gasteiger partial charge in [0.15, 0.2) is 0 Å². The first-order valence-electron chi connectivity index (χ1n) is 4.60. The lowest BCUT2D eigenvalue weighted by atomic mass is 10.1. The SMILES string of the molecule is CCc1cc(-c2ccc(F)cc2)n[nH]1. The van der Waals surface area contributed by atoms with E-state index in [0.717, 1.165) is 23.4 Å². The van der Waals surface area contributed by atoms with Crippen LogP contribution in [-0.2, 0) is 6.42 Å². The summed E-state index contributed by atoms with van der Waals surface area (Å²) < 4.78 is 12.6. The molecule has 3 heteroatoms. The average molecular weight is 190 g/mol. The number of rotatable bonds is 2. The van der Waals surface area contributed by atoms with Gasteiger partial charge in [0.25, 0.3) is 0 Å². The number of nitrogens with zero attached hydrogens (tertiary/aromatic N) is 1. The number of aromatic amines is 1. The Labute approximate surface area is 81.8 Å². The van der Waals surface area contributed by atoms with Gasteiger partial charge in [-0.15, -0.1) is 0 Å². The standard InChI is InChI=1S/C11H11FN2/c1-2-10-7-11(14-13-10)8-3-5-9(12)6-4-8/h3-7H,2H2,1H3,(H,13,14). The first-order chi connectivity index (χ1) is 6.79. The fourth-order valence-electron chi connectivity index (χ4n) is 1.31. The Morgan fingerprint density at radius 2 is 2.00 bits per heavy atom. The number of benzene rings is 1. The van der Waals surface area contributed by atoms with Crippen LogP contribution in [0.1, 0.15) is 12.6 Å². The minimum Gasteiger partial charge on any atom is -0.282 e. The maximum atomic E-state index is 12.6. The molecule has 2 rings (SSSR count). The first-order valence-corrected chi connectivity index (χ1v) is 4.60. The number of aromatic nitrogens is 2. The summed E-state index contributed by atoms with van der Waals surface area (Å²) in [5, 5.41) is 7.06. The molecule has 0 fully saturated rings. The largest absolute Gasteiger partial charge is 0.282 e. The third-order valence-electron chi connectivity index (χ3n) is 2.15. The zero-order valence-electron chi connectivity index (χ0n) is 7.92. The zero-order chi connectivity index (χ0) is 9.97. The van der Waals surface area contributed by atoms with Gasteiger partial charge in [-0.2, -0.15) is 5.10 Å². The van der Waals surface area contributed by atoms with Crippen LogP contribution in [0, 0.1) is 5.82 Å². The molecule has 0 saturated carbocycles. The summed E-state index contributed by atoms with van der Waals surface area (Å²) in [6.45, 7) is 2.06. The molecule has 1 N–H and O–H groups in total. The minimum atomic E-state index is -0.222. The number of halogens is 1. The Morgan fingerprint density at radius 3 is 2.57 bits per heavy atom. The smallest absolute Gasteiger partial charge is 0.123 e. The van der Waals surface area contributed by atoms with Crippen LogP contribution in [-0.4, -0.2) is 10.2 Å². The predicted octanol–water partition coefficient (Wildman–Crippen LogP) is 2.78. The van der Waals surface area contributed by atoms with Crippen molar-refractivity contribution in [3.8, 4) is 11.3 Å². The molecule has 0 bridgehead atoms. The summed E-state index contributed by atoms with van der Waals surface area (Å²) in [6, 6.07) is 8.31. The summed E-state index contributed by atoms with van der Waals surface area (Å²) >= 11 is 0. The van der Waals surface area contributed by atoms with Crippen LogP contribution < -0.4 is 0 Å². The number of hydrogen-bond acceptors (Lipinski definition) is 1. The summed E-state index contributed by atoms with van der Waals surface area (Å²) in [5.41, 5.74) is 2.88. The van der Waals surface area contributed by atoms with E-state index in [1.54, 1.807) is 12.1 Å². The van der Waals surface area contributed by atoms with Crippen molar-refractivity contribution >= 4 is 0 Å². The first kappa shape index (κ1) is 8.94. The highest BCUT2D eigenvalue weighted by atomic mass is 19.1. The fraction of sp³-hybridized carbons (Fsp3) is 0.182. The minimum absolute atomic E-state index is 0.222. The number of H-pyrrole nitrogens is 1. The Morgan fingerprint density at radius 1 is 1.29 bits per heavy atom. The van der Waals surface area contributed by atoms with Crippen molar-refractivity contribution in [2.24, 2.45) is 0 Å². The monoisotopic (exact) mass is 190 g/mol. The van der Waals surface area contributed by atoms with Crippen molar-refractivity contribution in [3.05, 3.63) is 41.8 Å². The van der Waals surface area contributed by atoms with E-state index in [1.165, 1.54) is 12.1 Å². The van der Waals surface area contributed by atoms with Crippen LogP contribution in [0.2, 0.25) is 0 Å². The lowest BCUT2D eigenvalue weighted by Crippen LogP contribution is -1.78. The quantitative estimate of drug-likeness (QED) is 0.775. The summed E-state index contributed by atoms with van der Waals surface area (Å²) in [5.74, 6) is -0.222. The van der Waals surface area contributed by atoms with Crippen molar-refractivity contribution < 1.29 is 4.39 Å². The molecular weight excluding hydrogens is 179 g/mol. The topological polar surface area (TPSA) is 28.7 Å². The van der Waals surface area contributed by atoms with E-state index in [1.807, 2.05) is 6.07 Å². The van der Waals surface area contributed by atoms with Crippen LogP contribution in [0.3, 0.4) is 0 Å². The van der Waals surface area contributed by atoms with Crippen LogP contribution in [0.15, 0.2) is 30.3 Å². The second-order valence-corrected chi connectivity index (χ2v) is 3.14. The van der Waals surface area contributed by atoms with Gasteiger partial charge >= 0.3 is 0 Å². The summed E-state index contributed by atoms with van der Waals surface area (Å²) in [6.07, 6.45) is 0.925. The summed E-state index contributed by atoms with van der Waals surface area (Å²) in [4.78, 5) is 0. The van der Waals surface area contributed by atoms with Gasteiger partial charge in [-0.05, 0) is 36.8 Å². The molecule has 1 aromatic heterocycles. The van der Waals surface area contributed by atoms with Gasteiger partial charge in [-0.3, -0.25) is 5.10 Å². The van der Waals surface area contributed by atoms with Crippen LogP contribution in [0.25, 0.3) is 11.3 Å². The molecule has 0 aliphatic heterocycles. The van der Waals surface area contributed by atoms with Crippen LogP contribution in [0.5, 0.6) is 0 Å². The molecule has 0 atom stereocenters. The lowest BCUT2D eigenvalue weighted by molar-refractivity contribution is 0.628. The molecule has 1 heterocycles. The summed E-state index contributed by atoms with van der Waals surface area (Å²) in [7, 11) is 0. The van der Waals surface area contributed by atoms with Gasteiger partial charge in [0.1, 0.15) is 5.82 Å². The molecule has 0 aliphatic carbocycles. The molecule has 2 aromatic rings. The van der Waals surface area contributed by atoms with Gasteiger partial charge in [0.05, 0.1) is 5.69 Å². The second-order valence-electron chi connectivity index (χ2n) is 3.14. The number of nitrogens with one attached hydrogen (secondary N) is 1. The van der Waals surface area contributed by atoms with Crippen LogP contribution in [0.4, 0.5) is 4.39 Å². The van der Waals surface area contributed by atoms with Gasteiger partial charge in [0, 0.05) is 11.3 Å². The fourth-order valence-corrected chi connectivity index (χ4v) is 1.31. The van der Waals surface area contributed by atoms with Gasteiger partial charge in [0.2, 0.25) is 0 Å². The highest BCUT2D eigenvalue weighted by Gasteiger charge is 2.02. The van der Waals surface area contributed by atoms with E-state index in [4.69, 9.17) is 0 Å². The zero-order valence-corrected chi connectivity index (χ0v) is 7.92. The molecule has 14 heavy (non-hydrogen) atoms. The molecule has 0 saturated heterocycles. The molecule has 0 amide bonds. The molecular formula is C11H11FN2. The lowest BCUT2D eigenvalue weighted by Gasteiger charge is -1.94. The van der Waals surface area contributed by atoms with E-state index < -0.39 is 0 Å². The van der Waals surface area contributed by atoms with E-state index in [2.05, 4.69) is 17.1 Å². The van der Waals surface area contributed by atoms with E-state index >= 15 is 0 Å². The van der Waals surface area contributed by atoms with Crippen molar-refractivity contribution in [1.29, 1.82) is 0 Å². The third-order valence-corrected chi connectivity index (χ3v) is 2.15. The number of aryl methyl sites for hydroxylation is 1. The second kappa shape index (κ2) is 3.62. The average Bonchev–Trinajstić information content (AvgIpc) is 2.67. The molecule has 0 unspecified atom stereocenters. The Bertz CT molecular complexity index is 417. The molecule has 0 spiro atoms. The Kier molecular flexibility index (Phi) is 2.31. The third kappa shape index (κ3) is 1.66. The van der Waals surface area contributed by atoms with Gasteiger partial charge in [-0.1, -0.05) is 6.92 Å². The van der Waals surface area contributed by atoms with Crippen molar-refractivity contribution in [1.82, 2.24) is 10.2 Å². The van der Waals surface area contributed by atoms with Gasteiger partial charge in [-0.25, -0.2) is 4.39 Å². The van der Waals surface area contributed by atoms with Gasteiger partial charge < -0.3 is 0 Å². The molecule has 2 nitrogen and oxygen atoms in total. The molecule has 0 radical (unpaired) electrons. The Balaban J connectivity index is 2.34. The predicted molar refractivity (Wildman–Crippen MR) is 53.4 cm³/mol. The van der Waals surface area contributed by atoms with Crippen molar-refractivity contribution in [2.45, 2.75) is 13.3 Å². The van der Waals surface area contributed by atoms with E-state index in [-0.39, 0.29) is 5.82 Å². The van der Waals surface area contributed by atoms with Crippen molar-refractivity contribution in [3.63, 3.8) is 0 Å². The molecule has 1 aromatic carbocycles. The van der Waals surface area contributed by atoms with Crippen molar-refractivity contribution in [2.75, 3.05) is 0 Å². The van der Waals surface area contributed by atoms with E-state index in [9.17, 15) is 4.39 Å².